The Hall–Kier alpha value is -1.79. The first-order chi connectivity index (χ1) is 8.74. The summed E-state index contributed by atoms with van der Waals surface area (Å²) in [5, 5.41) is 8.50. The molecule has 1 atom stereocenters. The number of aliphatic carboxylic acids is 1. The van der Waals surface area contributed by atoms with E-state index < -0.39 is 24.7 Å². The Morgan fingerprint density at radius 2 is 2.11 bits per heavy atom. The number of pyridine rings is 1. The number of nitrogens with zero attached hydrogens (tertiary/aromatic N) is 1. The molecule has 0 aliphatic heterocycles. The molecule has 0 amide bonds. The Morgan fingerprint density at radius 1 is 1.47 bits per heavy atom. The maximum Gasteiger partial charge on any atom is 0.426 e. The molecule has 19 heavy (non-hydrogen) atoms. The second-order valence-electron chi connectivity index (χ2n) is 4.00. The lowest BCUT2D eigenvalue weighted by Gasteiger charge is -2.21. The number of hydrogen-bond acceptors (Lipinski definition) is 3. The first kappa shape index (κ1) is 15.3. The van der Waals surface area contributed by atoms with Gasteiger partial charge in [0.25, 0.3) is 0 Å². The van der Waals surface area contributed by atoms with Gasteiger partial charge in [0.1, 0.15) is 5.75 Å². The molecule has 1 unspecified atom stereocenters. The third-order valence-corrected chi connectivity index (χ3v) is 2.40. The van der Waals surface area contributed by atoms with Gasteiger partial charge in [-0.1, -0.05) is 6.92 Å². The minimum Gasteiger partial charge on any atom is -0.481 e. The van der Waals surface area contributed by atoms with Crippen LogP contribution in [0.4, 0.5) is 13.2 Å². The van der Waals surface area contributed by atoms with Gasteiger partial charge in [0.15, 0.2) is 0 Å². The fourth-order valence-electron chi connectivity index (χ4n) is 1.49. The van der Waals surface area contributed by atoms with Crippen LogP contribution in [0.1, 0.15) is 24.7 Å². The van der Waals surface area contributed by atoms with E-state index in [1.54, 1.807) is 13.8 Å². The Balaban J connectivity index is 2.99. The first-order valence-corrected chi connectivity index (χ1v) is 5.65. The smallest absolute Gasteiger partial charge is 0.426 e. The summed E-state index contributed by atoms with van der Waals surface area (Å²) >= 11 is 0. The van der Waals surface area contributed by atoms with Gasteiger partial charge >= 0.3 is 12.1 Å². The van der Waals surface area contributed by atoms with E-state index in [9.17, 15) is 18.0 Å². The largest absolute Gasteiger partial charge is 0.481 e. The number of ether oxygens (including phenoxy) is 1. The molecular formula is C12H14F3NO3. The summed E-state index contributed by atoms with van der Waals surface area (Å²) < 4.78 is 42.8. The molecule has 1 aromatic heterocycles. The molecule has 0 bridgehead atoms. The van der Waals surface area contributed by atoms with Crippen LogP contribution in [-0.2, 0) is 11.2 Å². The summed E-state index contributed by atoms with van der Waals surface area (Å²) in [5.74, 6) is -1.60. The first-order valence-electron chi connectivity index (χ1n) is 5.65. The topological polar surface area (TPSA) is 59.4 Å². The third kappa shape index (κ3) is 4.42. The average molecular weight is 277 g/mol. The monoisotopic (exact) mass is 277 g/mol. The van der Waals surface area contributed by atoms with Crippen LogP contribution in [0.3, 0.4) is 0 Å². The lowest BCUT2D eigenvalue weighted by molar-refractivity contribution is -0.200. The molecule has 1 rings (SSSR count). The van der Waals surface area contributed by atoms with Crippen LogP contribution in [0, 0.1) is 6.92 Å². The van der Waals surface area contributed by atoms with Crippen LogP contribution in [0.2, 0.25) is 0 Å². The van der Waals surface area contributed by atoms with Gasteiger partial charge in [-0.25, -0.2) is 0 Å². The van der Waals surface area contributed by atoms with Crippen LogP contribution in [0.5, 0.6) is 5.75 Å². The zero-order valence-corrected chi connectivity index (χ0v) is 10.5. The van der Waals surface area contributed by atoms with Crippen molar-refractivity contribution >= 4 is 5.97 Å². The third-order valence-electron chi connectivity index (χ3n) is 2.40. The minimum absolute atomic E-state index is 0.0309. The van der Waals surface area contributed by atoms with Gasteiger partial charge in [0.05, 0.1) is 12.1 Å². The molecule has 1 aromatic rings. The molecule has 4 nitrogen and oxygen atoms in total. The van der Waals surface area contributed by atoms with Crippen molar-refractivity contribution in [2.75, 3.05) is 0 Å². The second kappa shape index (κ2) is 5.90. The van der Waals surface area contributed by atoms with E-state index in [4.69, 9.17) is 9.84 Å². The van der Waals surface area contributed by atoms with Crippen LogP contribution in [0.15, 0.2) is 12.1 Å². The van der Waals surface area contributed by atoms with Crippen molar-refractivity contribution in [2.24, 2.45) is 0 Å². The number of rotatable bonds is 5. The van der Waals surface area contributed by atoms with Crippen molar-refractivity contribution in [1.82, 2.24) is 4.98 Å². The summed E-state index contributed by atoms with van der Waals surface area (Å²) in [4.78, 5) is 14.5. The molecule has 0 spiro atoms. The fourth-order valence-corrected chi connectivity index (χ4v) is 1.49. The number of aryl methyl sites for hydroxylation is 2. The highest BCUT2D eigenvalue weighted by Crippen LogP contribution is 2.29. The highest BCUT2D eigenvalue weighted by atomic mass is 19.4. The maximum atomic E-state index is 12.7. The number of alkyl halides is 3. The molecule has 1 heterocycles. The van der Waals surface area contributed by atoms with Crippen LogP contribution < -0.4 is 4.74 Å². The molecule has 106 valence electrons. The van der Waals surface area contributed by atoms with Crippen molar-refractivity contribution in [3.63, 3.8) is 0 Å². The molecule has 0 fully saturated rings. The van der Waals surface area contributed by atoms with Gasteiger partial charge in [-0.15, -0.1) is 0 Å². The molecule has 0 aliphatic rings. The quantitative estimate of drug-likeness (QED) is 0.899. The molecule has 1 N–H and O–H groups in total. The molecule has 0 saturated carbocycles. The standard InChI is InChI=1S/C12H14F3NO3/c1-3-8-9(5-4-7(2)16-8)19-10(6-11(17)18)12(13,14)15/h4-5,10H,3,6H2,1-2H3,(H,17,18). The fraction of sp³-hybridized carbons (Fsp3) is 0.500. The van der Waals surface area contributed by atoms with Gasteiger partial charge in [0.2, 0.25) is 6.10 Å². The molecule has 0 aliphatic carbocycles. The lowest BCUT2D eigenvalue weighted by Crippen LogP contribution is -2.36. The van der Waals surface area contributed by atoms with Gasteiger partial charge < -0.3 is 9.84 Å². The Morgan fingerprint density at radius 3 is 2.58 bits per heavy atom. The van der Waals surface area contributed by atoms with Crippen molar-refractivity contribution in [2.45, 2.75) is 39.0 Å². The van der Waals surface area contributed by atoms with Crippen LogP contribution >= 0.6 is 0 Å². The van der Waals surface area contributed by atoms with E-state index in [0.717, 1.165) is 0 Å². The van der Waals surface area contributed by atoms with Crippen molar-refractivity contribution in [3.05, 3.63) is 23.5 Å². The highest BCUT2D eigenvalue weighted by molar-refractivity contribution is 5.67. The van der Waals surface area contributed by atoms with E-state index >= 15 is 0 Å². The normalized spacial score (nSPS) is 13.1. The number of hydrogen-bond donors (Lipinski definition) is 1. The SMILES string of the molecule is CCc1nc(C)ccc1OC(CC(=O)O)C(F)(F)F. The average Bonchev–Trinajstić information content (AvgIpc) is 2.28. The van der Waals surface area contributed by atoms with E-state index in [2.05, 4.69) is 4.98 Å². The predicted molar refractivity (Wildman–Crippen MR) is 61.1 cm³/mol. The number of carboxylic acid groups (broad SMARTS) is 1. The second-order valence-corrected chi connectivity index (χ2v) is 4.00. The Kier molecular flexibility index (Phi) is 4.74. The molecule has 0 aromatic carbocycles. The van der Waals surface area contributed by atoms with Gasteiger partial charge in [-0.2, -0.15) is 13.2 Å². The van der Waals surface area contributed by atoms with E-state index in [-0.39, 0.29) is 5.75 Å². The van der Waals surface area contributed by atoms with Crippen molar-refractivity contribution < 1.29 is 27.8 Å². The molecule has 0 radical (unpaired) electrons. The van der Waals surface area contributed by atoms with Gasteiger partial charge in [-0.3, -0.25) is 9.78 Å². The number of halogens is 3. The molecule has 0 saturated heterocycles. The van der Waals surface area contributed by atoms with Crippen LogP contribution in [0.25, 0.3) is 0 Å². The highest BCUT2D eigenvalue weighted by Gasteiger charge is 2.43. The van der Waals surface area contributed by atoms with Gasteiger partial charge in [0, 0.05) is 5.69 Å². The maximum absolute atomic E-state index is 12.7. The number of carbonyl (C=O) groups is 1. The number of aromatic nitrogens is 1. The lowest BCUT2D eigenvalue weighted by atomic mass is 10.2. The van der Waals surface area contributed by atoms with Crippen molar-refractivity contribution in [1.29, 1.82) is 0 Å². The summed E-state index contributed by atoms with van der Waals surface area (Å²) in [6.07, 6.45) is -7.86. The zero-order chi connectivity index (χ0) is 14.6. The summed E-state index contributed by atoms with van der Waals surface area (Å²) in [5.41, 5.74) is 1.03. The van der Waals surface area contributed by atoms with E-state index in [0.29, 0.717) is 17.8 Å². The Labute approximate surface area is 108 Å². The zero-order valence-electron chi connectivity index (χ0n) is 10.5. The van der Waals surface area contributed by atoms with Crippen LogP contribution in [-0.4, -0.2) is 28.3 Å². The Bertz CT molecular complexity index is 460. The van der Waals surface area contributed by atoms with E-state index in [1.807, 2.05) is 0 Å². The minimum atomic E-state index is -4.74. The van der Waals surface area contributed by atoms with Gasteiger partial charge in [-0.05, 0) is 25.5 Å². The summed E-state index contributed by atoms with van der Waals surface area (Å²) in [6.45, 7) is 3.44. The van der Waals surface area contributed by atoms with E-state index in [1.165, 1.54) is 12.1 Å². The predicted octanol–water partition coefficient (Wildman–Crippen LogP) is 2.74. The number of carboxylic acids is 1. The summed E-state index contributed by atoms with van der Waals surface area (Å²) in [7, 11) is 0. The van der Waals surface area contributed by atoms with Crippen molar-refractivity contribution in [3.8, 4) is 5.75 Å². The molecular weight excluding hydrogens is 263 g/mol. The summed E-state index contributed by atoms with van der Waals surface area (Å²) in [6, 6.07) is 2.89. The molecule has 7 heteroatoms.